The molecule has 110 valence electrons. The van der Waals surface area contributed by atoms with Crippen LogP contribution >= 0.6 is 0 Å². The van der Waals surface area contributed by atoms with Crippen LogP contribution in [-0.4, -0.2) is 35.1 Å². The van der Waals surface area contributed by atoms with Gasteiger partial charge in [-0.3, -0.25) is 4.79 Å². The molecule has 0 radical (unpaired) electrons. The van der Waals surface area contributed by atoms with E-state index in [4.69, 9.17) is 10.8 Å². The first-order valence-corrected chi connectivity index (χ1v) is 7.46. The third kappa shape index (κ3) is 3.73. The number of nitrogens with zero attached hydrogens (tertiary/aromatic N) is 1. The first kappa shape index (κ1) is 14.9. The number of anilines is 1. The highest BCUT2D eigenvalue weighted by molar-refractivity contribution is 5.77. The second-order valence-electron chi connectivity index (χ2n) is 5.45. The van der Waals surface area contributed by atoms with Gasteiger partial charge in [0.25, 0.3) is 0 Å². The fraction of sp³-hybridized carbons (Fsp3) is 0.562. The van der Waals surface area contributed by atoms with Crippen molar-refractivity contribution in [3.8, 4) is 0 Å². The molecule has 0 bridgehead atoms. The van der Waals surface area contributed by atoms with Gasteiger partial charge in [-0.1, -0.05) is 18.2 Å². The number of carbonyl (C=O) groups excluding carboxylic acids is 1. The number of hydrogen-bond acceptors (Lipinski definition) is 3. The molecule has 0 aromatic heterocycles. The molecule has 1 aromatic rings. The summed E-state index contributed by atoms with van der Waals surface area (Å²) in [5.41, 5.74) is 7.71. The number of aliphatic hydroxyl groups is 1. The SMILES string of the molecule is Nc1ccccc1CCC(=O)N1CCCC1CCCO. The maximum absolute atomic E-state index is 12.3. The van der Waals surface area contributed by atoms with Crippen LogP contribution in [0.1, 0.15) is 37.7 Å². The summed E-state index contributed by atoms with van der Waals surface area (Å²) in [5.74, 6) is 0.216. The highest BCUT2D eigenvalue weighted by atomic mass is 16.3. The summed E-state index contributed by atoms with van der Waals surface area (Å²) in [6.07, 6.45) is 5.06. The fourth-order valence-electron chi connectivity index (χ4n) is 2.94. The van der Waals surface area contributed by atoms with Crippen molar-refractivity contribution in [3.63, 3.8) is 0 Å². The van der Waals surface area contributed by atoms with Crippen LogP contribution in [0.3, 0.4) is 0 Å². The average molecular weight is 276 g/mol. The van der Waals surface area contributed by atoms with Crippen LogP contribution < -0.4 is 5.73 Å². The normalized spacial score (nSPS) is 18.4. The molecule has 1 saturated heterocycles. The summed E-state index contributed by atoms with van der Waals surface area (Å²) in [7, 11) is 0. The Labute approximate surface area is 120 Å². The molecular formula is C16H24N2O2. The predicted molar refractivity (Wildman–Crippen MR) is 80.2 cm³/mol. The zero-order valence-corrected chi connectivity index (χ0v) is 11.9. The zero-order valence-electron chi connectivity index (χ0n) is 11.9. The fourth-order valence-corrected chi connectivity index (χ4v) is 2.94. The van der Waals surface area contributed by atoms with Crippen LogP contribution in [0.4, 0.5) is 5.69 Å². The Morgan fingerprint density at radius 2 is 2.20 bits per heavy atom. The van der Waals surface area contributed by atoms with E-state index >= 15 is 0 Å². The largest absolute Gasteiger partial charge is 0.399 e. The van der Waals surface area contributed by atoms with Crippen LogP contribution in [0.5, 0.6) is 0 Å². The minimum atomic E-state index is 0.207. The van der Waals surface area contributed by atoms with E-state index < -0.39 is 0 Å². The summed E-state index contributed by atoms with van der Waals surface area (Å²) in [4.78, 5) is 14.3. The van der Waals surface area contributed by atoms with Crippen molar-refractivity contribution in [2.24, 2.45) is 0 Å². The number of nitrogen functional groups attached to an aromatic ring is 1. The number of rotatable bonds is 6. The Morgan fingerprint density at radius 1 is 1.40 bits per heavy atom. The number of aliphatic hydroxyl groups excluding tert-OH is 1. The van der Waals surface area contributed by atoms with Crippen molar-refractivity contribution in [1.82, 2.24) is 4.90 Å². The lowest BCUT2D eigenvalue weighted by Gasteiger charge is -2.24. The second kappa shape index (κ2) is 7.29. The topological polar surface area (TPSA) is 66.6 Å². The summed E-state index contributed by atoms with van der Waals surface area (Å²) < 4.78 is 0. The number of para-hydroxylation sites is 1. The van der Waals surface area contributed by atoms with E-state index in [9.17, 15) is 4.79 Å². The number of carbonyl (C=O) groups is 1. The first-order chi connectivity index (χ1) is 9.72. The molecular weight excluding hydrogens is 252 g/mol. The van der Waals surface area contributed by atoms with Gasteiger partial charge in [-0.2, -0.15) is 0 Å². The number of amides is 1. The van der Waals surface area contributed by atoms with E-state index in [1.807, 2.05) is 29.2 Å². The van der Waals surface area contributed by atoms with Crippen LogP contribution in [-0.2, 0) is 11.2 Å². The Balaban J connectivity index is 1.86. The molecule has 3 N–H and O–H groups in total. The summed E-state index contributed by atoms with van der Waals surface area (Å²) in [6, 6.07) is 8.04. The molecule has 1 unspecified atom stereocenters. The van der Waals surface area contributed by atoms with Crippen LogP contribution in [0.25, 0.3) is 0 Å². The van der Waals surface area contributed by atoms with Gasteiger partial charge in [0.1, 0.15) is 0 Å². The Bertz CT molecular complexity index is 448. The van der Waals surface area contributed by atoms with E-state index in [0.717, 1.165) is 43.5 Å². The molecule has 1 heterocycles. The molecule has 1 aromatic carbocycles. The number of benzene rings is 1. The van der Waals surface area contributed by atoms with E-state index in [-0.39, 0.29) is 12.5 Å². The third-order valence-corrected chi connectivity index (χ3v) is 4.06. The Morgan fingerprint density at radius 3 is 2.95 bits per heavy atom. The molecule has 1 amide bonds. The van der Waals surface area contributed by atoms with Gasteiger partial charge in [-0.15, -0.1) is 0 Å². The number of hydrogen-bond donors (Lipinski definition) is 2. The maximum Gasteiger partial charge on any atom is 0.223 e. The van der Waals surface area contributed by atoms with Crippen molar-refractivity contribution >= 4 is 11.6 Å². The molecule has 2 rings (SSSR count). The van der Waals surface area contributed by atoms with Crippen molar-refractivity contribution < 1.29 is 9.90 Å². The van der Waals surface area contributed by atoms with Crippen molar-refractivity contribution in [1.29, 1.82) is 0 Å². The molecule has 1 aliphatic heterocycles. The zero-order chi connectivity index (χ0) is 14.4. The van der Waals surface area contributed by atoms with Gasteiger partial charge in [-0.05, 0) is 43.7 Å². The standard InChI is InChI=1S/C16H24N2O2/c17-15-8-2-1-5-13(15)9-10-16(20)18-11-3-6-14(18)7-4-12-19/h1-2,5,8,14,19H,3-4,6-7,9-12,17H2. The number of aryl methyl sites for hydroxylation is 1. The van der Waals surface area contributed by atoms with Crippen molar-refractivity contribution in [2.75, 3.05) is 18.9 Å². The number of nitrogens with two attached hydrogens (primary N) is 1. The van der Waals surface area contributed by atoms with Gasteiger partial charge in [-0.25, -0.2) is 0 Å². The molecule has 1 fully saturated rings. The monoisotopic (exact) mass is 276 g/mol. The molecule has 1 aliphatic rings. The maximum atomic E-state index is 12.3. The van der Waals surface area contributed by atoms with Gasteiger partial charge < -0.3 is 15.7 Å². The average Bonchev–Trinajstić information content (AvgIpc) is 2.92. The third-order valence-electron chi connectivity index (χ3n) is 4.06. The van der Waals surface area contributed by atoms with Crippen molar-refractivity contribution in [3.05, 3.63) is 29.8 Å². The van der Waals surface area contributed by atoms with Crippen LogP contribution in [0.15, 0.2) is 24.3 Å². The van der Waals surface area contributed by atoms with Gasteiger partial charge in [0.15, 0.2) is 0 Å². The quantitative estimate of drug-likeness (QED) is 0.781. The summed E-state index contributed by atoms with van der Waals surface area (Å²) in [6.45, 7) is 1.07. The van der Waals surface area contributed by atoms with E-state index in [0.29, 0.717) is 18.9 Å². The molecule has 4 nitrogen and oxygen atoms in total. The van der Waals surface area contributed by atoms with Gasteiger partial charge in [0.05, 0.1) is 0 Å². The molecule has 4 heteroatoms. The lowest BCUT2D eigenvalue weighted by molar-refractivity contribution is -0.132. The molecule has 0 saturated carbocycles. The van der Waals surface area contributed by atoms with Gasteiger partial charge in [0, 0.05) is 31.3 Å². The molecule has 1 atom stereocenters. The highest BCUT2D eigenvalue weighted by Crippen LogP contribution is 2.23. The predicted octanol–water partition coefficient (Wildman–Crippen LogP) is 1.96. The lowest BCUT2D eigenvalue weighted by Crippen LogP contribution is -2.35. The highest BCUT2D eigenvalue weighted by Gasteiger charge is 2.27. The van der Waals surface area contributed by atoms with E-state index in [2.05, 4.69) is 0 Å². The Hall–Kier alpha value is -1.55. The Kier molecular flexibility index (Phi) is 5.41. The minimum Gasteiger partial charge on any atom is -0.399 e. The second-order valence-corrected chi connectivity index (χ2v) is 5.45. The van der Waals surface area contributed by atoms with Crippen LogP contribution in [0, 0.1) is 0 Å². The van der Waals surface area contributed by atoms with Crippen LogP contribution in [0.2, 0.25) is 0 Å². The van der Waals surface area contributed by atoms with Gasteiger partial charge >= 0.3 is 0 Å². The van der Waals surface area contributed by atoms with E-state index in [1.54, 1.807) is 0 Å². The smallest absolute Gasteiger partial charge is 0.223 e. The molecule has 0 spiro atoms. The molecule has 20 heavy (non-hydrogen) atoms. The van der Waals surface area contributed by atoms with Gasteiger partial charge in [0.2, 0.25) is 5.91 Å². The van der Waals surface area contributed by atoms with E-state index in [1.165, 1.54) is 0 Å². The minimum absolute atomic E-state index is 0.207. The summed E-state index contributed by atoms with van der Waals surface area (Å²) >= 11 is 0. The van der Waals surface area contributed by atoms with Crippen molar-refractivity contribution in [2.45, 2.75) is 44.6 Å². The first-order valence-electron chi connectivity index (χ1n) is 7.46. The molecule has 0 aliphatic carbocycles. The summed E-state index contributed by atoms with van der Waals surface area (Å²) in [5, 5.41) is 8.92. The lowest BCUT2D eigenvalue weighted by atomic mass is 10.1. The number of likely N-dealkylation sites (tertiary alicyclic amines) is 1.